The number of carbonyl (C=O) groups excluding carboxylic acids is 1. The third kappa shape index (κ3) is 5.46. The molecular weight excluding hydrogens is 358 g/mol. The van der Waals surface area contributed by atoms with Crippen molar-refractivity contribution in [2.45, 2.75) is 32.9 Å². The van der Waals surface area contributed by atoms with Crippen LogP contribution in [0.4, 0.5) is 0 Å². The second kappa shape index (κ2) is 9.55. The van der Waals surface area contributed by atoms with E-state index in [1.807, 2.05) is 17.0 Å². The van der Waals surface area contributed by atoms with Crippen molar-refractivity contribution in [2.75, 3.05) is 39.3 Å². The summed E-state index contributed by atoms with van der Waals surface area (Å²) >= 11 is 0. The van der Waals surface area contributed by atoms with Crippen LogP contribution in [0.15, 0.2) is 54.6 Å². The Morgan fingerprint density at radius 2 is 1.48 bits per heavy atom. The average Bonchev–Trinajstić information content (AvgIpc) is 2.75. The van der Waals surface area contributed by atoms with Crippen LogP contribution >= 0.6 is 0 Å². The number of nitrogens with zero attached hydrogens (tertiary/aromatic N) is 3. The largest absolute Gasteiger partial charge is 0.336 e. The van der Waals surface area contributed by atoms with Gasteiger partial charge >= 0.3 is 0 Å². The quantitative estimate of drug-likeness (QED) is 0.774. The Morgan fingerprint density at radius 1 is 0.828 bits per heavy atom. The predicted molar refractivity (Wildman–Crippen MR) is 118 cm³/mol. The van der Waals surface area contributed by atoms with Gasteiger partial charge in [0.2, 0.25) is 0 Å². The van der Waals surface area contributed by atoms with E-state index < -0.39 is 0 Å². The number of carbonyl (C=O) groups is 1. The maximum absolute atomic E-state index is 12.9. The molecule has 1 unspecified atom stereocenters. The van der Waals surface area contributed by atoms with Crippen molar-refractivity contribution in [3.63, 3.8) is 0 Å². The summed E-state index contributed by atoms with van der Waals surface area (Å²) in [5, 5.41) is 0. The van der Waals surface area contributed by atoms with Gasteiger partial charge in [-0.2, -0.15) is 0 Å². The van der Waals surface area contributed by atoms with Crippen LogP contribution in [0, 0.1) is 5.92 Å². The van der Waals surface area contributed by atoms with Gasteiger partial charge in [0.25, 0.3) is 5.91 Å². The fraction of sp³-hybridized carbons (Fsp3) is 0.480. The molecule has 2 saturated heterocycles. The van der Waals surface area contributed by atoms with Crippen molar-refractivity contribution in [2.24, 2.45) is 5.92 Å². The maximum Gasteiger partial charge on any atom is 0.253 e. The van der Waals surface area contributed by atoms with Gasteiger partial charge in [0, 0.05) is 51.4 Å². The number of piperazine rings is 1. The summed E-state index contributed by atoms with van der Waals surface area (Å²) < 4.78 is 0. The van der Waals surface area contributed by atoms with Gasteiger partial charge in [-0.25, -0.2) is 0 Å². The molecule has 0 spiro atoms. The molecule has 2 aromatic carbocycles. The fourth-order valence-electron chi connectivity index (χ4n) is 4.57. The number of likely N-dealkylation sites (tertiary alicyclic amines) is 1. The van der Waals surface area contributed by atoms with Crippen LogP contribution in [-0.4, -0.2) is 59.9 Å². The van der Waals surface area contributed by atoms with Crippen LogP contribution in [0.3, 0.4) is 0 Å². The molecule has 2 aliphatic rings. The number of hydrogen-bond acceptors (Lipinski definition) is 3. The summed E-state index contributed by atoms with van der Waals surface area (Å²) in [6, 6.07) is 18.9. The van der Waals surface area contributed by atoms with Crippen LogP contribution in [0.5, 0.6) is 0 Å². The zero-order chi connectivity index (χ0) is 20.1. The van der Waals surface area contributed by atoms with Crippen molar-refractivity contribution in [1.29, 1.82) is 0 Å². The molecular formula is C25H33N3O. The van der Waals surface area contributed by atoms with Gasteiger partial charge in [-0.05, 0) is 48.6 Å². The summed E-state index contributed by atoms with van der Waals surface area (Å²) in [5.41, 5.74) is 3.46. The topological polar surface area (TPSA) is 26.8 Å². The summed E-state index contributed by atoms with van der Waals surface area (Å²) in [5.74, 6) is 0.965. The first-order valence-electron chi connectivity index (χ1n) is 11.0. The maximum atomic E-state index is 12.9. The first kappa shape index (κ1) is 20.1. The van der Waals surface area contributed by atoms with Gasteiger partial charge in [-0.3, -0.25) is 14.6 Å². The van der Waals surface area contributed by atoms with Crippen molar-refractivity contribution in [3.05, 3.63) is 71.3 Å². The minimum atomic E-state index is 0.169. The third-order valence-electron chi connectivity index (χ3n) is 6.26. The zero-order valence-corrected chi connectivity index (χ0v) is 17.6. The predicted octanol–water partition coefficient (Wildman–Crippen LogP) is 3.88. The fourth-order valence-corrected chi connectivity index (χ4v) is 4.57. The molecule has 0 bridgehead atoms. The van der Waals surface area contributed by atoms with Gasteiger partial charge in [0.1, 0.15) is 0 Å². The molecule has 0 N–H and O–H groups in total. The molecule has 4 heteroatoms. The first-order valence-corrected chi connectivity index (χ1v) is 11.0. The van der Waals surface area contributed by atoms with Crippen molar-refractivity contribution < 1.29 is 4.79 Å². The van der Waals surface area contributed by atoms with Gasteiger partial charge in [-0.1, -0.05) is 49.4 Å². The highest BCUT2D eigenvalue weighted by Gasteiger charge is 2.22. The first-order chi connectivity index (χ1) is 14.2. The van der Waals surface area contributed by atoms with Crippen molar-refractivity contribution in [3.8, 4) is 0 Å². The molecule has 1 atom stereocenters. The van der Waals surface area contributed by atoms with E-state index in [0.717, 1.165) is 50.7 Å². The van der Waals surface area contributed by atoms with Gasteiger partial charge < -0.3 is 4.90 Å². The van der Waals surface area contributed by atoms with Crippen molar-refractivity contribution in [1.82, 2.24) is 14.7 Å². The van der Waals surface area contributed by atoms with Gasteiger partial charge in [-0.15, -0.1) is 0 Å². The molecule has 0 saturated carbocycles. The van der Waals surface area contributed by atoms with E-state index in [1.54, 1.807) is 0 Å². The highest BCUT2D eigenvalue weighted by Crippen LogP contribution is 2.18. The molecule has 154 valence electrons. The second-order valence-electron chi connectivity index (χ2n) is 8.73. The van der Waals surface area contributed by atoms with E-state index in [1.165, 1.54) is 37.1 Å². The Labute approximate surface area is 175 Å². The molecule has 2 aromatic rings. The van der Waals surface area contributed by atoms with Crippen LogP contribution in [0.2, 0.25) is 0 Å². The average molecular weight is 392 g/mol. The normalized spacial score (nSPS) is 21.3. The summed E-state index contributed by atoms with van der Waals surface area (Å²) in [4.78, 5) is 19.9. The SMILES string of the molecule is CC1CCCN(Cc2ccc(C(=O)N3CCN(Cc4ccccc4)CC3)cc2)C1. The van der Waals surface area contributed by atoms with Gasteiger partial charge in [0.15, 0.2) is 0 Å². The highest BCUT2D eigenvalue weighted by molar-refractivity contribution is 5.94. The van der Waals surface area contributed by atoms with E-state index in [-0.39, 0.29) is 5.91 Å². The standard InChI is InChI=1S/C25H33N3O/c1-21-6-5-13-27(18-21)20-23-9-11-24(12-10-23)25(29)28-16-14-26(15-17-28)19-22-7-3-2-4-8-22/h2-4,7-12,21H,5-6,13-20H2,1H3. The molecule has 0 radical (unpaired) electrons. The number of piperidine rings is 1. The summed E-state index contributed by atoms with van der Waals surface area (Å²) in [7, 11) is 0. The Morgan fingerprint density at radius 3 is 2.17 bits per heavy atom. The zero-order valence-electron chi connectivity index (χ0n) is 17.6. The highest BCUT2D eigenvalue weighted by atomic mass is 16.2. The Bertz CT molecular complexity index is 781. The smallest absolute Gasteiger partial charge is 0.253 e. The number of benzene rings is 2. The Kier molecular flexibility index (Phi) is 6.63. The molecule has 2 fully saturated rings. The molecule has 0 aliphatic carbocycles. The molecule has 2 aliphatic heterocycles. The molecule has 4 rings (SSSR count). The van der Waals surface area contributed by atoms with E-state index in [0.29, 0.717) is 0 Å². The van der Waals surface area contributed by atoms with E-state index in [2.05, 4.69) is 59.2 Å². The Balaban J connectivity index is 1.27. The minimum Gasteiger partial charge on any atom is -0.336 e. The lowest BCUT2D eigenvalue weighted by molar-refractivity contribution is 0.0628. The summed E-state index contributed by atoms with van der Waals surface area (Å²) in [6.45, 7) is 10.2. The molecule has 0 aromatic heterocycles. The lowest BCUT2D eigenvalue weighted by atomic mass is 9.99. The van der Waals surface area contributed by atoms with E-state index >= 15 is 0 Å². The second-order valence-corrected chi connectivity index (χ2v) is 8.73. The van der Waals surface area contributed by atoms with Crippen LogP contribution < -0.4 is 0 Å². The minimum absolute atomic E-state index is 0.169. The third-order valence-corrected chi connectivity index (χ3v) is 6.26. The number of hydrogen-bond donors (Lipinski definition) is 0. The van der Waals surface area contributed by atoms with Crippen LogP contribution in [-0.2, 0) is 13.1 Å². The monoisotopic (exact) mass is 391 g/mol. The molecule has 1 amide bonds. The lowest BCUT2D eigenvalue weighted by Crippen LogP contribution is -2.48. The molecule has 2 heterocycles. The number of amides is 1. The van der Waals surface area contributed by atoms with Crippen LogP contribution in [0.25, 0.3) is 0 Å². The summed E-state index contributed by atoms with van der Waals surface area (Å²) in [6.07, 6.45) is 2.65. The Hall–Kier alpha value is -2.17. The van der Waals surface area contributed by atoms with E-state index in [4.69, 9.17) is 0 Å². The molecule has 4 nitrogen and oxygen atoms in total. The van der Waals surface area contributed by atoms with Crippen LogP contribution in [0.1, 0.15) is 41.3 Å². The molecule has 29 heavy (non-hydrogen) atoms. The van der Waals surface area contributed by atoms with Gasteiger partial charge in [0.05, 0.1) is 0 Å². The lowest BCUT2D eigenvalue weighted by Gasteiger charge is -2.35. The number of rotatable bonds is 5. The van der Waals surface area contributed by atoms with E-state index in [9.17, 15) is 4.79 Å². The van der Waals surface area contributed by atoms with Crippen molar-refractivity contribution >= 4 is 5.91 Å².